The molecular formula is C17H34N4O2. The van der Waals surface area contributed by atoms with Gasteiger partial charge in [-0.1, -0.05) is 6.92 Å². The van der Waals surface area contributed by atoms with E-state index in [-0.39, 0.29) is 12.1 Å². The molecule has 0 radical (unpaired) electrons. The quantitative estimate of drug-likeness (QED) is 0.637. The first-order valence-corrected chi connectivity index (χ1v) is 8.61. The molecule has 0 aromatic heterocycles. The second kappa shape index (κ2) is 8.41. The molecule has 2 N–H and O–H groups in total. The number of rotatable bonds is 4. The van der Waals surface area contributed by atoms with E-state index in [0.717, 1.165) is 25.4 Å². The third kappa shape index (κ3) is 7.10. The summed E-state index contributed by atoms with van der Waals surface area (Å²) in [6, 6.07) is 0.0581. The van der Waals surface area contributed by atoms with Gasteiger partial charge in [0, 0.05) is 32.7 Å². The van der Waals surface area contributed by atoms with Crippen LogP contribution < -0.4 is 5.73 Å². The maximum absolute atomic E-state index is 12.0. The molecule has 1 amide bonds. The highest BCUT2D eigenvalue weighted by molar-refractivity contribution is 5.78. The van der Waals surface area contributed by atoms with Gasteiger partial charge in [0.05, 0.1) is 0 Å². The molecule has 1 rings (SSSR count). The lowest BCUT2D eigenvalue weighted by Crippen LogP contribution is -2.43. The monoisotopic (exact) mass is 326 g/mol. The number of aliphatic imine (C=N–C) groups is 1. The summed E-state index contributed by atoms with van der Waals surface area (Å²) in [5, 5.41) is 0. The minimum atomic E-state index is -0.473. The van der Waals surface area contributed by atoms with Crippen LogP contribution in [0, 0.1) is 5.92 Å². The SMILES string of the molecule is CC1CCN(C(N)=NCCC(C)N(C)C(=O)OC(C)(C)C)CC1. The molecule has 6 heteroatoms. The molecule has 1 saturated heterocycles. The smallest absolute Gasteiger partial charge is 0.410 e. The van der Waals surface area contributed by atoms with Crippen molar-refractivity contribution in [3.8, 4) is 0 Å². The van der Waals surface area contributed by atoms with E-state index in [1.807, 2.05) is 27.7 Å². The van der Waals surface area contributed by atoms with Crippen molar-refractivity contribution in [2.75, 3.05) is 26.7 Å². The standard InChI is InChI=1S/C17H34N4O2/c1-13-8-11-21(12-9-13)15(18)19-10-7-14(2)20(6)16(22)23-17(3,4)5/h13-14H,7-12H2,1-6H3,(H2,18,19). The number of amides is 1. The molecule has 6 nitrogen and oxygen atoms in total. The molecule has 0 aliphatic carbocycles. The number of piperidine rings is 1. The predicted octanol–water partition coefficient (Wildman–Crippen LogP) is 2.68. The van der Waals surface area contributed by atoms with Crippen LogP contribution in [-0.2, 0) is 4.74 Å². The van der Waals surface area contributed by atoms with Gasteiger partial charge >= 0.3 is 6.09 Å². The molecule has 1 heterocycles. The zero-order valence-electron chi connectivity index (χ0n) is 15.6. The number of nitrogens with zero attached hydrogens (tertiary/aromatic N) is 3. The lowest BCUT2D eigenvalue weighted by molar-refractivity contribution is 0.0231. The molecular weight excluding hydrogens is 292 g/mol. The summed E-state index contributed by atoms with van der Waals surface area (Å²) in [6.07, 6.45) is 2.81. The van der Waals surface area contributed by atoms with Crippen molar-refractivity contribution in [1.82, 2.24) is 9.80 Å². The van der Waals surface area contributed by atoms with Crippen LogP contribution in [0.25, 0.3) is 0 Å². The van der Waals surface area contributed by atoms with Gasteiger partial charge in [0.2, 0.25) is 0 Å². The van der Waals surface area contributed by atoms with Crippen LogP contribution in [0.5, 0.6) is 0 Å². The maximum atomic E-state index is 12.0. The Bertz CT molecular complexity index is 409. The predicted molar refractivity (Wildman–Crippen MR) is 94.5 cm³/mol. The fourth-order valence-corrected chi connectivity index (χ4v) is 2.41. The number of carbonyl (C=O) groups is 1. The highest BCUT2D eigenvalue weighted by Gasteiger charge is 2.23. The number of hydrogen-bond donors (Lipinski definition) is 1. The lowest BCUT2D eigenvalue weighted by atomic mass is 10.00. The molecule has 0 saturated carbocycles. The fraction of sp³-hybridized carbons (Fsp3) is 0.882. The molecule has 0 aromatic carbocycles. The Morgan fingerprint density at radius 3 is 2.48 bits per heavy atom. The Balaban J connectivity index is 2.38. The molecule has 1 unspecified atom stereocenters. The average Bonchev–Trinajstić information content (AvgIpc) is 2.45. The van der Waals surface area contributed by atoms with E-state index in [1.54, 1.807) is 11.9 Å². The van der Waals surface area contributed by atoms with E-state index in [1.165, 1.54) is 12.8 Å². The first-order chi connectivity index (χ1) is 10.6. The van der Waals surface area contributed by atoms with Crippen molar-refractivity contribution in [3.63, 3.8) is 0 Å². The van der Waals surface area contributed by atoms with Crippen LogP contribution in [-0.4, -0.2) is 60.2 Å². The van der Waals surface area contributed by atoms with Gasteiger partial charge in [-0.25, -0.2) is 4.79 Å². The third-order valence-corrected chi connectivity index (χ3v) is 4.27. The largest absolute Gasteiger partial charge is 0.444 e. The van der Waals surface area contributed by atoms with Crippen LogP contribution in [0.3, 0.4) is 0 Å². The van der Waals surface area contributed by atoms with Gasteiger partial charge in [0.25, 0.3) is 0 Å². The minimum Gasteiger partial charge on any atom is -0.444 e. The maximum Gasteiger partial charge on any atom is 0.410 e. The van der Waals surface area contributed by atoms with Gasteiger partial charge in [0.1, 0.15) is 5.60 Å². The third-order valence-electron chi connectivity index (χ3n) is 4.27. The molecule has 1 fully saturated rings. The van der Waals surface area contributed by atoms with Crippen molar-refractivity contribution < 1.29 is 9.53 Å². The molecule has 134 valence electrons. The van der Waals surface area contributed by atoms with Crippen molar-refractivity contribution in [1.29, 1.82) is 0 Å². The van der Waals surface area contributed by atoms with Gasteiger partial charge in [-0.3, -0.25) is 4.99 Å². The number of nitrogens with two attached hydrogens (primary N) is 1. The Morgan fingerprint density at radius 1 is 1.39 bits per heavy atom. The summed E-state index contributed by atoms with van der Waals surface area (Å²) in [7, 11) is 1.76. The molecule has 23 heavy (non-hydrogen) atoms. The minimum absolute atomic E-state index is 0.0581. The molecule has 1 atom stereocenters. The van der Waals surface area contributed by atoms with Crippen LogP contribution in [0.1, 0.15) is 53.9 Å². The van der Waals surface area contributed by atoms with Gasteiger partial charge in [-0.2, -0.15) is 0 Å². The summed E-state index contributed by atoms with van der Waals surface area (Å²) >= 11 is 0. The number of ether oxygens (including phenoxy) is 1. The molecule has 1 aliphatic rings. The average molecular weight is 326 g/mol. The number of hydrogen-bond acceptors (Lipinski definition) is 3. The molecule has 0 bridgehead atoms. The number of guanidine groups is 1. The van der Waals surface area contributed by atoms with Crippen molar-refractivity contribution in [3.05, 3.63) is 0 Å². The van der Waals surface area contributed by atoms with Gasteiger partial charge < -0.3 is 20.3 Å². The normalized spacial score (nSPS) is 18.7. The Labute approximate surface area is 141 Å². The summed E-state index contributed by atoms with van der Waals surface area (Å²) in [5.74, 6) is 1.41. The second-order valence-corrected chi connectivity index (χ2v) is 7.64. The van der Waals surface area contributed by atoms with Crippen molar-refractivity contribution >= 4 is 12.1 Å². The van der Waals surface area contributed by atoms with Gasteiger partial charge in [-0.05, 0) is 52.9 Å². The van der Waals surface area contributed by atoms with Crippen LogP contribution in [0.15, 0.2) is 4.99 Å². The Kier molecular flexibility index (Phi) is 7.16. The van der Waals surface area contributed by atoms with Gasteiger partial charge in [0.15, 0.2) is 5.96 Å². The Hall–Kier alpha value is -1.46. The zero-order valence-corrected chi connectivity index (χ0v) is 15.6. The summed E-state index contributed by atoms with van der Waals surface area (Å²) in [5.41, 5.74) is 5.60. The number of carbonyl (C=O) groups excluding carboxylic acids is 1. The first-order valence-electron chi connectivity index (χ1n) is 8.61. The molecule has 1 aliphatic heterocycles. The van der Waals surface area contributed by atoms with Crippen molar-refractivity contribution in [2.24, 2.45) is 16.6 Å². The van der Waals surface area contributed by atoms with Gasteiger partial charge in [-0.15, -0.1) is 0 Å². The lowest BCUT2D eigenvalue weighted by Gasteiger charge is -2.31. The first kappa shape index (κ1) is 19.6. The van der Waals surface area contributed by atoms with E-state index >= 15 is 0 Å². The second-order valence-electron chi connectivity index (χ2n) is 7.64. The highest BCUT2D eigenvalue weighted by atomic mass is 16.6. The van der Waals surface area contributed by atoms with Crippen LogP contribution in [0.2, 0.25) is 0 Å². The fourth-order valence-electron chi connectivity index (χ4n) is 2.41. The van der Waals surface area contributed by atoms with E-state index in [4.69, 9.17) is 10.5 Å². The summed E-state index contributed by atoms with van der Waals surface area (Å²) in [6.45, 7) is 12.5. The van der Waals surface area contributed by atoms with E-state index in [9.17, 15) is 4.79 Å². The van der Waals surface area contributed by atoms with E-state index < -0.39 is 5.60 Å². The van der Waals surface area contributed by atoms with Crippen LogP contribution in [0.4, 0.5) is 4.79 Å². The Morgan fingerprint density at radius 2 is 1.96 bits per heavy atom. The molecule has 0 spiro atoms. The summed E-state index contributed by atoms with van der Waals surface area (Å²) in [4.78, 5) is 20.3. The zero-order chi connectivity index (χ0) is 17.6. The van der Waals surface area contributed by atoms with Crippen LogP contribution >= 0.6 is 0 Å². The topological polar surface area (TPSA) is 71.2 Å². The van der Waals surface area contributed by atoms with E-state index in [0.29, 0.717) is 12.5 Å². The molecule has 0 aromatic rings. The highest BCUT2D eigenvalue weighted by Crippen LogP contribution is 2.16. The van der Waals surface area contributed by atoms with E-state index in [2.05, 4.69) is 16.8 Å². The van der Waals surface area contributed by atoms with Crippen molar-refractivity contribution in [2.45, 2.75) is 65.5 Å². The summed E-state index contributed by atoms with van der Waals surface area (Å²) < 4.78 is 5.37. The number of likely N-dealkylation sites (tertiary alicyclic amines) is 1.